The first-order chi connectivity index (χ1) is 13.0. The maximum absolute atomic E-state index is 11.6. The zero-order valence-electron chi connectivity index (χ0n) is 14.8. The Labute approximate surface area is 162 Å². The van der Waals surface area contributed by atoms with Gasteiger partial charge in [-0.2, -0.15) is 0 Å². The van der Waals surface area contributed by atoms with Crippen molar-refractivity contribution in [1.82, 2.24) is 0 Å². The molecule has 0 saturated heterocycles. The molecule has 0 saturated carbocycles. The van der Waals surface area contributed by atoms with Crippen molar-refractivity contribution in [3.05, 3.63) is 94.0 Å². The normalized spacial score (nSPS) is 10.4. The standard InChI is InChI=1S/C22H19ClO4/c1-15-10-11-17(19(23)12-15)14-27-21-18(22(24)25)8-5-9-20(21)26-13-16-6-3-2-4-7-16/h2-12H,13-14H2,1H3,(H,24,25). The summed E-state index contributed by atoms with van der Waals surface area (Å²) in [7, 11) is 0. The molecule has 3 rings (SSSR count). The third-order valence-corrected chi connectivity index (χ3v) is 4.38. The fraction of sp³-hybridized carbons (Fsp3) is 0.136. The molecule has 5 heteroatoms. The quantitative estimate of drug-likeness (QED) is 0.585. The molecule has 1 N–H and O–H groups in total. The van der Waals surface area contributed by atoms with Crippen LogP contribution >= 0.6 is 11.6 Å². The first kappa shape index (κ1) is 18.8. The summed E-state index contributed by atoms with van der Waals surface area (Å²) >= 11 is 6.25. The summed E-state index contributed by atoms with van der Waals surface area (Å²) < 4.78 is 11.7. The van der Waals surface area contributed by atoms with Gasteiger partial charge in [-0.25, -0.2) is 4.79 Å². The summed E-state index contributed by atoms with van der Waals surface area (Å²) in [5, 5.41) is 10.1. The van der Waals surface area contributed by atoms with E-state index < -0.39 is 5.97 Å². The van der Waals surface area contributed by atoms with Crippen molar-refractivity contribution in [3.63, 3.8) is 0 Å². The number of hydrogen-bond donors (Lipinski definition) is 1. The number of aromatic carboxylic acids is 1. The number of halogens is 1. The lowest BCUT2D eigenvalue weighted by Gasteiger charge is -2.15. The van der Waals surface area contributed by atoms with E-state index in [9.17, 15) is 9.90 Å². The number of carboxylic acid groups (broad SMARTS) is 1. The SMILES string of the molecule is Cc1ccc(COc2c(OCc3ccccc3)cccc2C(=O)O)c(Cl)c1. The largest absolute Gasteiger partial charge is 0.485 e. The molecule has 0 heterocycles. The molecule has 0 amide bonds. The van der Waals surface area contributed by atoms with Gasteiger partial charge in [0.1, 0.15) is 18.8 Å². The van der Waals surface area contributed by atoms with Crippen LogP contribution < -0.4 is 9.47 Å². The molecule has 0 aliphatic rings. The monoisotopic (exact) mass is 382 g/mol. The van der Waals surface area contributed by atoms with Gasteiger partial charge in [-0.1, -0.05) is 60.1 Å². The lowest BCUT2D eigenvalue weighted by Crippen LogP contribution is -2.06. The van der Waals surface area contributed by atoms with E-state index in [0.29, 0.717) is 17.4 Å². The van der Waals surface area contributed by atoms with Gasteiger partial charge in [0, 0.05) is 10.6 Å². The molecule has 0 bridgehead atoms. The number of rotatable bonds is 7. The minimum atomic E-state index is -1.08. The number of ether oxygens (including phenoxy) is 2. The molecule has 0 unspecified atom stereocenters. The molecule has 0 aliphatic carbocycles. The summed E-state index contributed by atoms with van der Waals surface area (Å²) in [6, 6.07) is 20.1. The lowest BCUT2D eigenvalue weighted by atomic mass is 10.1. The first-order valence-corrected chi connectivity index (χ1v) is 8.83. The molecule has 4 nitrogen and oxygen atoms in total. The van der Waals surface area contributed by atoms with Crippen LogP contribution in [-0.2, 0) is 13.2 Å². The van der Waals surface area contributed by atoms with Crippen LogP contribution in [0.25, 0.3) is 0 Å². The fourth-order valence-corrected chi connectivity index (χ4v) is 2.89. The number of carbonyl (C=O) groups is 1. The van der Waals surface area contributed by atoms with Gasteiger partial charge in [-0.05, 0) is 36.2 Å². The third-order valence-electron chi connectivity index (χ3n) is 4.03. The van der Waals surface area contributed by atoms with E-state index in [1.165, 1.54) is 6.07 Å². The molecule has 138 valence electrons. The Kier molecular flexibility index (Phi) is 5.99. The van der Waals surface area contributed by atoms with E-state index in [0.717, 1.165) is 16.7 Å². The van der Waals surface area contributed by atoms with E-state index in [4.69, 9.17) is 21.1 Å². The van der Waals surface area contributed by atoms with Gasteiger partial charge in [0.2, 0.25) is 0 Å². The number of benzene rings is 3. The van der Waals surface area contributed by atoms with Crippen LogP contribution in [0.15, 0.2) is 66.7 Å². The van der Waals surface area contributed by atoms with E-state index in [2.05, 4.69) is 0 Å². The highest BCUT2D eigenvalue weighted by Gasteiger charge is 2.17. The second kappa shape index (κ2) is 8.60. The zero-order chi connectivity index (χ0) is 19.2. The molecule has 27 heavy (non-hydrogen) atoms. The van der Waals surface area contributed by atoms with Crippen molar-refractivity contribution in [2.24, 2.45) is 0 Å². The van der Waals surface area contributed by atoms with Crippen LogP contribution in [-0.4, -0.2) is 11.1 Å². The Morgan fingerprint density at radius 2 is 1.74 bits per heavy atom. The summed E-state index contributed by atoms with van der Waals surface area (Å²) in [6.07, 6.45) is 0. The Morgan fingerprint density at radius 1 is 0.963 bits per heavy atom. The minimum Gasteiger partial charge on any atom is -0.485 e. The second-order valence-corrected chi connectivity index (χ2v) is 6.50. The molecule has 0 atom stereocenters. The zero-order valence-corrected chi connectivity index (χ0v) is 15.6. The summed E-state index contributed by atoms with van der Waals surface area (Å²) in [5.74, 6) is -0.510. The van der Waals surface area contributed by atoms with Gasteiger partial charge < -0.3 is 14.6 Å². The van der Waals surface area contributed by atoms with Gasteiger partial charge in [-0.3, -0.25) is 0 Å². The van der Waals surface area contributed by atoms with Crippen molar-refractivity contribution in [1.29, 1.82) is 0 Å². The predicted molar refractivity (Wildman–Crippen MR) is 105 cm³/mol. The maximum atomic E-state index is 11.6. The van der Waals surface area contributed by atoms with Crippen molar-refractivity contribution in [2.45, 2.75) is 20.1 Å². The number of para-hydroxylation sites is 1. The van der Waals surface area contributed by atoms with E-state index >= 15 is 0 Å². The molecular weight excluding hydrogens is 364 g/mol. The van der Waals surface area contributed by atoms with E-state index in [1.807, 2.05) is 55.5 Å². The van der Waals surface area contributed by atoms with Crippen LogP contribution in [0.2, 0.25) is 5.02 Å². The summed E-state index contributed by atoms with van der Waals surface area (Å²) in [4.78, 5) is 11.6. The molecule has 0 radical (unpaired) electrons. The van der Waals surface area contributed by atoms with Crippen LogP contribution in [0, 0.1) is 6.92 Å². The second-order valence-electron chi connectivity index (χ2n) is 6.10. The van der Waals surface area contributed by atoms with Gasteiger partial charge in [0.25, 0.3) is 0 Å². The fourth-order valence-electron chi connectivity index (χ4n) is 2.60. The Hall–Kier alpha value is -2.98. The van der Waals surface area contributed by atoms with Crippen LogP contribution in [0.5, 0.6) is 11.5 Å². The number of hydrogen-bond acceptors (Lipinski definition) is 3. The Balaban J connectivity index is 1.83. The van der Waals surface area contributed by atoms with Crippen molar-refractivity contribution < 1.29 is 19.4 Å². The van der Waals surface area contributed by atoms with Gasteiger partial charge in [0.15, 0.2) is 11.5 Å². The molecule has 3 aromatic rings. The molecular formula is C22H19ClO4. The van der Waals surface area contributed by atoms with Crippen molar-refractivity contribution >= 4 is 17.6 Å². The molecule has 0 aromatic heterocycles. The topological polar surface area (TPSA) is 55.8 Å². The molecule has 0 aliphatic heterocycles. The Morgan fingerprint density at radius 3 is 2.44 bits per heavy atom. The minimum absolute atomic E-state index is 0.0452. The van der Waals surface area contributed by atoms with Gasteiger partial charge in [0.05, 0.1) is 0 Å². The van der Waals surface area contributed by atoms with E-state index in [1.54, 1.807) is 12.1 Å². The first-order valence-electron chi connectivity index (χ1n) is 8.45. The Bertz CT molecular complexity index is 938. The molecule has 0 fully saturated rings. The average Bonchev–Trinajstić information content (AvgIpc) is 2.66. The highest BCUT2D eigenvalue weighted by atomic mass is 35.5. The third kappa shape index (κ3) is 4.80. The highest BCUT2D eigenvalue weighted by Crippen LogP contribution is 2.33. The number of aryl methyl sites for hydroxylation is 1. The van der Waals surface area contributed by atoms with Crippen molar-refractivity contribution in [2.75, 3.05) is 0 Å². The van der Waals surface area contributed by atoms with Crippen LogP contribution in [0.3, 0.4) is 0 Å². The number of carboxylic acids is 1. The summed E-state index contributed by atoms with van der Waals surface area (Å²) in [6.45, 7) is 2.41. The smallest absolute Gasteiger partial charge is 0.339 e. The maximum Gasteiger partial charge on any atom is 0.339 e. The predicted octanol–water partition coefficient (Wildman–Crippen LogP) is 5.50. The van der Waals surface area contributed by atoms with Gasteiger partial charge >= 0.3 is 5.97 Å². The molecule has 0 spiro atoms. The average molecular weight is 383 g/mol. The van der Waals surface area contributed by atoms with E-state index in [-0.39, 0.29) is 17.9 Å². The highest BCUT2D eigenvalue weighted by molar-refractivity contribution is 6.31. The summed E-state index contributed by atoms with van der Waals surface area (Å²) in [5.41, 5.74) is 2.84. The lowest BCUT2D eigenvalue weighted by molar-refractivity contribution is 0.0690. The van der Waals surface area contributed by atoms with Gasteiger partial charge in [-0.15, -0.1) is 0 Å². The van der Waals surface area contributed by atoms with Crippen LogP contribution in [0.1, 0.15) is 27.0 Å². The molecule has 3 aromatic carbocycles. The van der Waals surface area contributed by atoms with Crippen LogP contribution in [0.4, 0.5) is 0 Å². The van der Waals surface area contributed by atoms with Crippen molar-refractivity contribution in [3.8, 4) is 11.5 Å².